The second-order valence-corrected chi connectivity index (χ2v) is 3.69. The van der Waals surface area contributed by atoms with Gasteiger partial charge in [-0.2, -0.15) is 13.2 Å². The topological polar surface area (TPSA) is 20.2 Å². The summed E-state index contributed by atoms with van der Waals surface area (Å²) in [6, 6.07) is 5.26. The summed E-state index contributed by atoms with van der Waals surface area (Å²) in [4.78, 5) is 0. The van der Waals surface area contributed by atoms with Crippen molar-refractivity contribution in [3.8, 4) is 0 Å². The summed E-state index contributed by atoms with van der Waals surface area (Å²) in [5.41, 5.74) is 2.20. The Morgan fingerprint density at radius 2 is 1.87 bits per heavy atom. The molecule has 0 spiro atoms. The second kappa shape index (κ2) is 4.23. The Hall–Kier alpha value is -1.03. The van der Waals surface area contributed by atoms with Crippen molar-refractivity contribution < 1.29 is 18.3 Å². The van der Waals surface area contributed by atoms with Crippen LogP contribution in [0.2, 0.25) is 0 Å². The highest BCUT2D eigenvalue weighted by molar-refractivity contribution is 5.31. The van der Waals surface area contributed by atoms with Crippen LogP contribution >= 0.6 is 0 Å². The number of halogens is 3. The van der Waals surface area contributed by atoms with Gasteiger partial charge in [0.05, 0.1) is 0 Å². The number of alkyl halides is 3. The lowest BCUT2D eigenvalue weighted by atomic mass is 10.00. The maximum Gasteiger partial charge on any atom is 0.414 e. The highest BCUT2D eigenvalue weighted by atomic mass is 19.4. The lowest BCUT2D eigenvalue weighted by Crippen LogP contribution is -2.30. The third kappa shape index (κ3) is 3.23. The predicted molar refractivity (Wildman–Crippen MR) is 51.7 cm³/mol. The first-order valence-electron chi connectivity index (χ1n) is 4.61. The number of aryl methyl sites for hydroxylation is 2. The molecule has 1 rings (SSSR count). The van der Waals surface area contributed by atoms with Gasteiger partial charge < -0.3 is 5.11 Å². The van der Waals surface area contributed by atoms with Gasteiger partial charge in [-0.1, -0.05) is 23.8 Å². The Labute approximate surface area is 86.5 Å². The Morgan fingerprint density at radius 3 is 2.40 bits per heavy atom. The SMILES string of the molecule is Cc1ccc(C)c(C[C@@H](O)C(F)(F)F)c1. The van der Waals surface area contributed by atoms with E-state index < -0.39 is 12.3 Å². The van der Waals surface area contributed by atoms with Crippen LogP contribution in [0.5, 0.6) is 0 Å². The van der Waals surface area contributed by atoms with E-state index >= 15 is 0 Å². The van der Waals surface area contributed by atoms with E-state index in [-0.39, 0.29) is 6.42 Å². The average molecular weight is 218 g/mol. The molecule has 84 valence electrons. The molecule has 0 fully saturated rings. The molecule has 0 unspecified atom stereocenters. The lowest BCUT2D eigenvalue weighted by molar-refractivity contribution is -0.203. The first-order valence-corrected chi connectivity index (χ1v) is 4.61. The van der Waals surface area contributed by atoms with E-state index in [1.807, 2.05) is 13.0 Å². The van der Waals surface area contributed by atoms with E-state index in [0.717, 1.165) is 11.1 Å². The minimum atomic E-state index is -4.55. The summed E-state index contributed by atoms with van der Waals surface area (Å²) in [5.74, 6) is 0. The molecule has 0 aromatic heterocycles. The van der Waals surface area contributed by atoms with E-state index in [9.17, 15) is 13.2 Å². The third-order valence-corrected chi connectivity index (χ3v) is 2.30. The van der Waals surface area contributed by atoms with Gasteiger partial charge in [-0.05, 0) is 25.0 Å². The van der Waals surface area contributed by atoms with Gasteiger partial charge in [-0.3, -0.25) is 0 Å². The maximum absolute atomic E-state index is 12.1. The van der Waals surface area contributed by atoms with Gasteiger partial charge in [0.1, 0.15) is 0 Å². The normalized spacial score (nSPS) is 14.0. The molecule has 4 heteroatoms. The molecule has 1 nitrogen and oxygen atoms in total. The Balaban J connectivity index is 2.85. The van der Waals surface area contributed by atoms with E-state index in [1.165, 1.54) is 0 Å². The highest BCUT2D eigenvalue weighted by Gasteiger charge is 2.38. The van der Waals surface area contributed by atoms with Crippen molar-refractivity contribution in [3.05, 3.63) is 34.9 Å². The van der Waals surface area contributed by atoms with Crippen LogP contribution < -0.4 is 0 Å². The van der Waals surface area contributed by atoms with Crippen LogP contribution in [-0.4, -0.2) is 17.4 Å². The van der Waals surface area contributed by atoms with Crippen molar-refractivity contribution in [1.29, 1.82) is 0 Å². The van der Waals surface area contributed by atoms with Gasteiger partial charge in [0.2, 0.25) is 0 Å². The Bertz CT molecular complexity index is 344. The van der Waals surface area contributed by atoms with Crippen molar-refractivity contribution in [3.63, 3.8) is 0 Å². The molecular weight excluding hydrogens is 205 g/mol. The van der Waals surface area contributed by atoms with E-state index in [2.05, 4.69) is 0 Å². The van der Waals surface area contributed by atoms with Crippen molar-refractivity contribution in [1.82, 2.24) is 0 Å². The fourth-order valence-electron chi connectivity index (χ4n) is 1.34. The average Bonchev–Trinajstić information content (AvgIpc) is 2.09. The fourth-order valence-corrected chi connectivity index (χ4v) is 1.34. The van der Waals surface area contributed by atoms with Crippen molar-refractivity contribution in [2.75, 3.05) is 0 Å². The van der Waals surface area contributed by atoms with Crippen LogP contribution in [-0.2, 0) is 6.42 Å². The van der Waals surface area contributed by atoms with Crippen molar-refractivity contribution in [2.24, 2.45) is 0 Å². The van der Waals surface area contributed by atoms with Gasteiger partial charge in [0, 0.05) is 6.42 Å². The number of rotatable bonds is 2. The van der Waals surface area contributed by atoms with Crippen LogP contribution in [0.15, 0.2) is 18.2 Å². The Kier molecular flexibility index (Phi) is 3.39. The summed E-state index contributed by atoms with van der Waals surface area (Å²) in [6.45, 7) is 3.54. The second-order valence-electron chi connectivity index (χ2n) is 3.69. The zero-order valence-electron chi connectivity index (χ0n) is 8.60. The molecule has 0 radical (unpaired) electrons. The largest absolute Gasteiger partial charge is 0.414 e. The minimum Gasteiger partial charge on any atom is -0.383 e. The zero-order valence-corrected chi connectivity index (χ0v) is 8.60. The van der Waals surface area contributed by atoms with Gasteiger partial charge in [0.25, 0.3) is 0 Å². The third-order valence-electron chi connectivity index (χ3n) is 2.30. The molecule has 0 aliphatic rings. The number of benzene rings is 1. The molecule has 0 heterocycles. The molecule has 0 bridgehead atoms. The first kappa shape index (κ1) is 12.0. The van der Waals surface area contributed by atoms with Gasteiger partial charge in [0.15, 0.2) is 6.10 Å². The van der Waals surface area contributed by atoms with E-state index in [0.29, 0.717) is 5.56 Å². The van der Waals surface area contributed by atoms with Crippen LogP contribution in [0.1, 0.15) is 16.7 Å². The standard InChI is InChI=1S/C11H13F3O/c1-7-3-4-8(2)9(5-7)6-10(15)11(12,13)14/h3-5,10,15H,6H2,1-2H3/t10-/m1/s1. The molecule has 0 aliphatic carbocycles. The van der Waals surface area contributed by atoms with Crippen molar-refractivity contribution >= 4 is 0 Å². The van der Waals surface area contributed by atoms with E-state index in [1.54, 1.807) is 19.1 Å². The number of aliphatic hydroxyl groups excluding tert-OH is 1. The molecular formula is C11H13F3O. The number of hydrogen-bond acceptors (Lipinski definition) is 1. The quantitative estimate of drug-likeness (QED) is 0.809. The molecule has 0 amide bonds. The van der Waals surface area contributed by atoms with Crippen LogP contribution in [0.25, 0.3) is 0 Å². The lowest BCUT2D eigenvalue weighted by Gasteiger charge is -2.16. The number of hydrogen-bond donors (Lipinski definition) is 1. The summed E-state index contributed by atoms with van der Waals surface area (Å²) in [6.07, 6.45) is -7.20. The van der Waals surface area contributed by atoms with Crippen LogP contribution in [0, 0.1) is 13.8 Å². The smallest absolute Gasteiger partial charge is 0.383 e. The number of aliphatic hydroxyl groups is 1. The minimum absolute atomic E-state index is 0.378. The zero-order chi connectivity index (χ0) is 11.6. The summed E-state index contributed by atoms with van der Waals surface area (Å²) in [7, 11) is 0. The summed E-state index contributed by atoms with van der Waals surface area (Å²) in [5, 5.41) is 8.93. The highest BCUT2D eigenvalue weighted by Crippen LogP contribution is 2.24. The fraction of sp³-hybridized carbons (Fsp3) is 0.455. The van der Waals surface area contributed by atoms with E-state index in [4.69, 9.17) is 5.11 Å². The van der Waals surface area contributed by atoms with Crippen molar-refractivity contribution in [2.45, 2.75) is 32.5 Å². The maximum atomic E-state index is 12.1. The molecule has 1 N–H and O–H groups in total. The molecule has 0 saturated heterocycles. The van der Waals surface area contributed by atoms with Crippen LogP contribution in [0.4, 0.5) is 13.2 Å². The van der Waals surface area contributed by atoms with Crippen LogP contribution in [0.3, 0.4) is 0 Å². The molecule has 1 atom stereocenters. The van der Waals surface area contributed by atoms with Gasteiger partial charge in [-0.25, -0.2) is 0 Å². The molecule has 0 saturated carbocycles. The van der Waals surface area contributed by atoms with Gasteiger partial charge in [-0.15, -0.1) is 0 Å². The molecule has 0 aliphatic heterocycles. The predicted octanol–water partition coefficient (Wildman–Crippen LogP) is 2.77. The molecule has 1 aromatic carbocycles. The summed E-state index contributed by atoms with van der Waals surface area (Å²) < 4.78 is 36.4. The molecule has 1 aromatic rings. The molecule has 15 heavy (non-hydrogen) atoms. The first-order chi connectivity index (χ1) is 6.80. The summed E-state index contributed by atoms with van der Waals surface area (Å²) >= 11 is 0. The monoisotopic (exact) mass is 218 g/mol. The van der Waals surface area contributed by atoms with Gasteiger partial charge >= 0.3 is 6.18 Å². The Morgan fingerprint density at radius 1 is 1.27 bits per heavy atom.